The highest BCUT2D eigenvalue weighted by Gasteiger charge is 2.37. The van der Waals surface area contributed by atoms with Crippen molar-refractivity contribution in [2.75, 3.05) is 24.5 Å². The standard InChI is InChI=1S/C31H32BrCl3F3N3O3/c1-3-5-24(36)44-25(42)11-6-18(27-21(33)8-9-22(34)28(27)35)15-39-30(43)26-17(2)29(41-13-4-12-31(37,38)16-41)40-23-10-7-19(32)14-20(23)26/h7-10,14,18,24H,3-6,11-13,15-16H2,1-2H3,(H,39,43). The van der Waals surface area contributed by atoms with Crippen molar-refractivity contribution in [2.45, 2.75) is 70.6 Å². The third-order valence-electron chi connectivity index (χ3n) is 7.55. The SMILES string of the molecule is CCCC(F)OC(=O)CCC(CNC(=O)c1c(C)c(N2CCCC(F)(F)C2)nc2ccc(Br)cc12)c1c(Cl)ccc(Cl)c1Cl. The van der Waals surface area contributed by atoms with Gasteiger partial charge in [-0.25, -0.2) is 18.2 Å². The van der Waals surface area contributed by atoms with Gasteiger partial charge < -0.3 is 15.0 Å². The first-order valence-electron chi connectivity index (χ1n) is 14.3. The Hall–Kier alpha value is -2.27. The fourth-order valence-corrected chi connectivity index (χ4v) is 6.62. The predicted octanol–water partition coefficient (Wildman–Crippen LogP) is 9.43. The van der Waals surface area contributed by atoms with Crippen LogP contribution in [-0.2, 0) is 9.53 Å². The van der Waals surface area contributed by atoms with Crippen LogP contribution in [0.5, 0.6) is 0 Å². The molecule has 6 nitrogen and oxygen atoms in total. The summed E-state index contributed by atoms with van der Waals surface area (Å²) >= 11 is 22.8. The van der Waals surface area contributed by atoms with E-state index in [0.717, 1.165) is 0 Å². The lowest BCUT2D eigenvalue weighted by molar-refractivity contribution is -0.158. The van der Waals surface area contributed by atoms with Crippen molar-refractivity contribution in [2.24, 2.45) is 0 Å². The first-order chi connectivity index (χ1) is 20.8. The highest BCUT2D eigenvalue weighted by Crippen LogP contribution is 2.39. The monoisotopic (exact) mass is 735 g/mol. The van der Waals surface area contributed by atoms with E-state index in [9.17, 15) is 22.8 Å². The van der Waals surface area contributed by atoms with Crippen LogP contribution in [0.25, 0.3) is 10.9 Å². The van der Waals surface area contributed by atoms with Crippen molar-refractivity contribution in [3.63, 3.8) is 0 Å². The molecule has 0 bridgehead atoms. The Morgan fingerprint density at radius 2 is 1.89 bits per heavy atom. The second kappa shape index (κ2) is 14.9. The molecule has 13 heteroatoms. The van der Waals surface area contributed by atoms with Gasteiger partial charge in [-0.1, -0.05) is 57.7 Å². The Balaban J connectivity index is 1.66. The fourth-order valence-electron chi connectivity index (χ4n) is 5.41. The Bertz CT molecular complexity index is 1550. The number of rotatable bonds is 11. The van der Waals surface area contributed by atoms with Crippen molar-refractivity contribution in [3.05, 3.63) is 66.6 Å². The number of carbonyl (C=O) groups excluding carboxylic acids is 2. The largest absolute Gasteiger partial charge is 0.431 e. The quantitative estimate of drug-likeness (QED) is 0.157. The third kappa shape index (κ3) is 8.30. The number of nitrogens with zero attached hydrogens (tertiary/aromatic N) is 2. The summed E-state index contributed by atoms with van der Waals surface area (Å²) in [5.41, 5.74) is 1.63. The topological polar surface area (TPSA) is 71.5 Å². The first kappa shape index (κ1) is 34.6. The van der Waals surface area contributed by atoms with Crippen LogP contribution in [-0.4, -0.2) is 48.8 Å². The number of hydrogen-bond acceptors (Lipinski definition) is 5. The maximum atomic E-state index is 14.4. The van der Waals surface area contributed by atoms with E-state index in [1.54, 1.807) is 38.1 Å². The molecule has 3 aromatic rings. The van der Waals surface area contributed by atoms with E-state index < -0.39 is 36.6 Å². The molecule has 2 unspecified atom stereocenters. The number of nitrogens with one attached hydrogen (secondary N) is 1. The minimum atomic E-state index is -2.87. The van der Waals surface area contributed by atoms with Gasteiger partial charge in [-0.3, -0.25) is 9.59 Å². The van der Waals surface area contributed by atoms with Gasteiger partial charge in [0.05, 0.1) is 27.7 Å². The molecule has 0 spiro atoms. The fraction of sp³-hybridized carbons (Fsp3) is 0.452. The number of piperidine rings is 1. The van der Waals surface area contributed by atoms with Crippen LogP contribution in [0.1, 0.15) is 72.9 Å². The zero-order valence-electron chi connectivity index (χ0n) is 24.2. The van der Waals surface area contributed by atoms with E-state index >= 15 is 0 Å². The number of aromatic nitrogens is 1. The van der Waals surface area contributed by atoms with E-state index in [0.29, 0.717) is 51.7 Å². The van der Waals surface area contributed by atoms with Crippen LogP contribution in [0, 0.1) is 6.92 Å². The molecule has 44 heavy (non-hydrogen) atoms. The second-order valence-corrected chi connectivity index (χ2v) is 13.0. The van der Waals surface area contributed by atoms with Crippen LogP contribution >= 0.6 is 50.7 Å². The van der Waals surface area contributed by atoms with Gasteiger partial charge in [-0.15, -0.1) is 0 Å². The van der Waals surface area contributed by atoms with Gasteiger partial charge in [0.25, 0.3) is 11.8 Å². The Morgan fingerprint density at radius 3 is 2.59 bits per heavy atom. The molecule has 1 aliphatic rings. The predicted molar refractivity (Wildman–Crippen MR) is 172 cm³/mol. The number of esters is 1. The van der Waals surface area contributed by atoms with Crippen molar-refractivity contribution in [1.29, 1.82) is 0 Å². The van der Waals surface area contributed by atoms with Gasteiger partial charge in [-0.05, 0) is 62.1 Å². The summed E-state index contributed by atoms with van der Waals surface area (Å²) in [5.74, 6) is -4.37. The third-order valence-corrected chi connectivity index (χ3v) is 9.19. The molecule has 1 fully saturated rings. The minimum absolute atomic E-state index is 0.0196. The molecule has 0 radical (unpaired) electrons. The number of carbonyl (C=O) groups is 2. The lowest BCUT2D eigenvalue weighted by atomic mass is 9.93. The summed E-state index contributed by atoms with van der Waals surface area (Å²) in [6.07, 6.45) is -1.07. The zero-order valence-corrected chi connectivity index (χ0v) is 28.0. The van der Waals surface area contributed by atoms with Gasteiger partial charge in [0.2, 0.25) is 6.36 Å². The molecule has 238 valence electrons. The van der Waals surface area contributed by atoms with Crippen LogP contribution < -0.4 is 10.2 Å². The van der Waals surface area contributed by atoms with Gasteiger partial charge in [-0.2, -0.15) is 0 Å². The summed E-state index contributed by atoms with van der Waals surface area (Å²) in [5, 5.41) is 4.14. The lowest BCUT2D eigenvalue weighted by Gasteiger charge is -2.34. The average Bonchev–Trinajstić information content (AvgIpc) is 2.95. The number of ether oxygens (including phenoxy) is 1. The number of pyridine rings is 1. The number of anilines is 1. The molecule has 1 N–H and O–H groups in total. The Labute approximate surface area is 277 Å². The van der Waals surface area contributed by atoms with Crippen molar-refractivity contribution in [1.82, 2.24) is 10.3 Å². The Kier molecular flexibility index (Phi) is 11.7. The van der Waals surface area contributed by atoms with E-state index in [1.165, 1.54) is 11.0 Å². The number of hydrogen-bond donors (Lipinski definition) is 1. The normalized spacial score (nSPS) is 16.1. The highest BCUT2D eigenvalue weighted by molar-refractivity contribution is 9.10. The molecule has 0 aliphatic carbocycles. The summed E-state index contributed by atoms with van der Waals surface area (Å²) < 4.78 is 48.2. The summed E-state index contributed by atoms with van der Waals surface area (Å²) in [6.45, 7) is 3.33. The number of alkyl halides is 3. The first-order valence-corrected chi connectivity index (χ1v) is 16.2. The molecule has 1 aromatic heterocycles. The smallest absolute Gasteiger partial charge is 0.308 e. The van der Waals surface area contributed by atoms with Gasteiger partial charge in [0, 0.05) is 58.7 Å². The lowest BCUT2D eigenvalue weighted by Crippen LogP contribution is -2.43. The number of halogens is 7. The summed E-state index contributed by atoms with van der Waals surface area (Å²) in [4.78, 5) is 32.5. The van der Waals surface area contributed by atoms with Crippen LogP contribution in [0.3, 0.4) is 0 Å². The number of fused-ring (bicyclic) bond motifs is 1. The van der Waals surface area contributed by atoms with E-state index in [-0.39, 0.29) is 52.9 Å². The molecule has 2 aromatic carbocycles. The van der Waals surface area contributed by atoms with Crippen molar-refractivity contribution >= 4 is 79.3 Å². The maximum Gasteiger partial charge on any atom is 0.308 e. The molecule has 1 aliphatic heterocycles. The van der Waals surface area contributed by atoms with E-state index in [2.05, 4.69) is 26.2 Å². The zero-order chi connectivity index (χ0) is 32.2. The van der Waals surface area contributed by atoms with E-state index in [1.807, 2.05) is 0 Å². The Morgan fingerprint density at radius 1 is 1.16 bits per heavy atom. The van der Waals surface area contributed by atoms with Crippen LogP contribution in [0.2, 0.25) is 15.1 Å². The average molecular weight is 738 g/mol. The molecule has 2 atom stereocenters. The maximum absolute atomic E-state index is 14.4. The van der Waals surface area contributed by atoms with Gasteiger partial charge >= 0.3 is 5.97 Å². The summed E-state index contributed by atoms with van der Waals surface area (Å²) in [6, 6.07) is 8.34. The number of amides is 1. The van der Waals surface area contributed by atoms with Crippen LogP contribution in [0.15, 0.2) is 34.8 Å². The second-order valence-electron chi connectivity index (χ2n) is 10.9. The highest BCUT2D eigenvalue weighted by atomic mass is 79.9. The molecule has 4 rings (SSSR count). The number of benzene rings is 2. The molecule has 0 saturated carbocycles. The van der Waals surface area contributed by atoms with Crippen molar-refractivity contribution < 1.29 is 27.5 Å². The van der Waals surface area contributed by atoms with Gasteiger partial charge in [0.1, 0.15) is 5.82 Å². The molecular weight excluding hydrogens is 706 g/mol. The molecule has 1 amide bonds. The molecule has 1 saturated heterocycles. The van der Waals surface area contributed by atoms with Gasteiger partial charge in [0.15, 0.2) is 0 Å². The van der Waals surface area contributed by atoms with Crippen molar-refractivity contribution in [3.8, 4) is 0 Å². The van der Waals surface area contributed by atoms with Crippen LogP contribution in [0.4, 0.5) is 19.0 Å². The van der Waals surface area contributed by atoms with E-state index in [4.69, 9.17) is 39.5 Å². The molecule has 2 heterocycles. The molecular formula is C31H32BrCl3F3N3O3. The summed E-state index contributed by atoms with van der Waals surface area (Å²) in [7, 11) is 0. The minimum Gasteiger partial charge on any atom is -0.431 e.